The summed E-state index contributed by atoms with van der Waals surface area (Å²) in [6.45, 7) is 0. The molecule has 0 aliphatic carbocycles. The van der Waals surface area contributed by atoms with E-state index >= 15 is 0 Å². The Kier molecular flexibility index (Phi) is 2.72. The zero-order valence-electron chi connectivity index (χ0n) is 9.67. The van der Waals surface area contributed by atoms with Crippen LogP contribution in [0.1, 0.15) is 11.3 Å². The van der Waals surface area contributed by atoms with Gasteiger partial charge in [-0.05, 0) is 35.9 Å². The van der Waals surface area contributed by atoms with Crippen molar-refractivity contribution in [2.45, 2.75) is 0 Å². The molecule has 1 aromatic heterocycles. The molecule has 1 aliphatic heterocycles. The van der Waals surface area contributed by atoms with E-state index in [4.69, 9.17) is 9.15 Å². The minimum atomic E-state index is -0.560. The van der Waals surface area contributed by atoms with Crippen molar-refractivity contribution >= 4 is 17.9 Å². The number of furan rings is 1. The molecule has 0 spiro atoms. The smallest absolute Gasteiger partial charge is 0.363 e. The highest BCUT2D eigenvalue weighted by Gasteiger charge is 2.25. The number of hydrogen-bond acceptors (Lipinski definition) is 4. The Morgan fingerprint density at radius 1 is 1.16 bits per heavy atom. The second kappa shape index (κ2) is 4.53. The van der Waals surface area contributed by atoms with Gasteiger partial charge in [0, 0.05) is 0 Å². The van der Waals surface area contributed by atoms with Gasteiger partial charge in [-0.2, -0.15) is 0 Å². The molecule has 0 saturated heterocycles. The maximum Gasteiger partial charge on any atom is 0.363 e. The zero-order valence-corrected chi connectivity index (χ0v) is 9.67. The second-order valence-corrected chi connectivity index (χ2v) is 3.86. The highest BCUT2D eigenvalue weighted by molar-refractivity contribution is 6.11. The number of nitrogens with zero attached hydrogens (tertiary/aromatic N) is 1. The number of cyclic esters (lactones) is 1. The largest absolute Gasteiger partial charge is 0.459 e. The summed E-state index contributed by atoms with van der Waals surface area (Å²) in [7, 11) is 0. The van der Waals surface area contributed by atoms with Gasteiger partial charge in [-0.3, -0.25) is 0 Å². The van der Waals surface area contributed by atoms with E-state index in [0.29, 0.717) is 11.3 Å². The highest BCUT2D eigenvalue weighted by Crippen LogP contribution is 2.19. The highest BCUT2D eigenvalue weighted by atomic mass is 19.1. The number of hydrogen-bond donors (Lipinski definition) is 0. The van der Waals surface area contributed by atoms with E-state index in [9.17, 15) is 9.18 Å². The van der Waals surface area contributed by atoms with Crippen molar-refractivity contribution in [1.29, 1.82) is 0 Å². The van der Waals surface area contributed by atoms with Gasteiger partial charge in [0.1, 0.15) is 5.82 Å². The molecule has 0 atom stereocenters. The average Bonchev–Trinajstić information content (AvgIpc) is 3.03. The molecular formula is C14H8FNO3. The molecule has 0 N–H and O–H groups in total. The summed E-state index contributed by atoms with van der Waals surface area (Å²) in [5.74, 6) is -0.383. The number of aliphatic imine (C=N–C) groups is 1. The van der Waals surface area contributed by atoms with Crippen molar-refractivity contribution in [2.75, 3.05) is 0 Å². The normalized spacial score (nSPS) is 16.6. The van der Waals surface area contributed by atoms with Crippen LogP contribution in [-0.2, 0) is 9.53 Å². The van der Waals surface area contributed by atoms with Crippen molar-refractivity contribution in [3.63, 3.8) is 0 Å². The SMILES string of the molecule is O=C1OC(c2ccco2)=N/C1=C\c1ccc(F)cc1. The van der Waals surface area contributed by atoms with E-state index in [1.54, 1.807) is 24.3 Å². The van der Waals surface area contributed by atoms with Crippen LogP contribution in [0.15, 0.2) is 57.8 Å². The molecule has 0 unspecified atom stereocenters. The minimum Gasteiger partial charge on any atom is -0.459 e. The van der Waals surface area contributed by atoms with E-state index in [-0.39, 0.29) is 17.4 Å². The zero-order chi connectivity index (χ0) is 13.2. The standard InChI is InChI=1S/C14H8FNO3/c15-10-5-3-9(4-6-10)8-11-14(17)19-13(16-11)12-2-1-7-18-12/h1-8H/b11-8-. The molecule has 0 amide bonds. The molecule has 4 nitrogen and oxygen atoms in total. The third-order valence-corrected chi connectivity index (χ3v) is 2.53. The van der Waals surface area contributed by atoms with Crippen molar-refractivity contribution in [3.05, 3.63) is 65.5 Å². The number of carbonyl (C=O) groups is 1. The van der Waals surface area contributed by atoms with Crippen LogP contribution in [0.4, 0.5) is 4.39 Å². The van der Waals surface area contributed by atoms with Crippen LogP contribution in [0.5, 0.6) is 0 Å². The topological polar surface area (TPSA) is 51.8 Å². The molecule has 0 bridgehead atoms. The first-order chi connectivity index (χ1) is 9.22. The molecule has 5 heteroatoms. The van der Waals surface area contributed by atoms with Crippen LogP contribution < -0.4 is 0 Å². The second-order valence-electron chi connectivity index (χ2n) is 3.86. The molecule has 2 heterocycles. The predicted molar refractivity (Wildman–Crippen MR) is 65.7 cm³/mol. The van der Waals surface area contributed by atoms with Gasteiger partial charge < -0.3 is 9.15 Å². The Hall–Kier alpha value is -2.69. The summed E-state index contributed by atoms with van der Waals surface area (Å²) in [6.07, 6.45) is 2.99. The van der Waals surface area contributed by atoms with Gasteiger partial charge in [0.05, 0.1) is 6.26 Å². The van der Waals surface area contributed by atoms with E-state index in [1.165, 1.54) is 24.5 Å². The molecule has 1 aromatic carbocycles. The molecular weight excluding hydrogens is 249 g/mol. The van der Waals surface area contributed by atoms with Crippen LogP contribution >= 0.6 is 0 Å². The lowest BCUT2D eigenvalue weighted by atomic mass is 10.2. The third-order valence-electron chi connectivity index (χ3n) is 2.53. The number of carbonyl (C=O) groups excluding carboxylic acids is 1. The van der Waals surface area contributed by atoms with Crippen molar-refractivity contribution < 1.29 is 18.3 Å². The van der Waals surface area contributed by atoms with E-state index in [1.807, 2.05) is 0 Å². The van der Waals surface area contributed by atoms with E-state index in [0.717, 1.165) is 0 Å². The lowest BCUT2D eigenvalue weighted by Gasteiger charge is -1.93. The monoisotopic (exact) mass is 257 g/mol. The maximum absolute atomic E-state index is 12.8. The Balaban J connectivity index is 1.92. The van der Waals surface area contributed by atoms with Gasteiger partial charge in [0.25, 0.3) is 5.90 Å². The van der Waals surface area contributed by atoms with Crippen LogP contribution in [0, 0.1) is 5.82 Å². The minimum absolute atomic E-state index is 0.128. The fourth-order valence-electron chi connectivity index (χ4n) is 1.63. The molecule has 1 aliphatic rings. The van der Waals surface area contributed by atoms with Crippen LogP contribution in [0.3, 0.4) is 0 Å². The Bertz CT molecular complexity index is 669. The fraction of sp³-hybridized carbons (Fsp3) is 0. The molecule has 3 rings (SSSR count). The van der Waals surface area contributed by atoms with Gasteiger partial charge >= 0.3 is 5.97 Å². The lowest BCUT2D eigenvalue weighted by molar-refractivity contribution is -0.130. The Morgan fingerprint density at radius 3 is 2.63 bits per heavy atom. The number of ether oxygens (including phenoxy) is 1. The van der Waals surface area contributed by atoms with Crippen LogP contribution in [-0.4, -0.2) is 11.9 Å². The van der Waals surface area contributed by atoms with Crippen molar-refractivity contribution in [3.8, 4) is 0 Å². The van der Waals surface area contributed by atoms with E-state index in [2.05, 4.69) is 4.99 Å². The van der Waals surface area contributed by atoms with Crippen LogP contribution in [0.2, 0.25) is 0 Å². The summed E-state index contributed by atoms with van der Waals surface area (Å²) in [5, 5.41) is 0. The summed E-state index contributed by atoms with van der Waals surface area (Å²) in [4.78, 5) is 15.7. The first-order valence-corrected chi connectivity index (χ1v) is 5.54. The van der Waals surface area contributed by atoms with Gasteiger partial charge in [-0.25, -0.2) is 14.2 Å². The summed E-state index contributed by atoms with van der Waals surface area (Å²) in [5.41, 5.74) is 0.816. The number of halogens is 1. The molecule has 94 valence electrons. The lowest BCUT2D eigenvalue weighted by Crippen LogP contribution is -2.04. The van der Waals surface area contributed by atoms with Gasteiger partial charge in [0.15, 0.2) is 11.5 Å². The van der Waals surface area contributed by atoms with Crippen molar-refractivity contribution in [2.24, 2.45) is 4.99 Å². The van der Waals surface area contributed by atoms with Gasteiger partial charge in [-0.15, -0.1) is 0 Å². The summed E-state index contributed by atoms with van der Waals surface area (Å²) >= 11 is 0. The van der Waals surface area contributed by atoms with Crippen molar-refractivity contribution in [1.82, 2.24) is 0 Å². The molecule has 0 radical (unpaired) electrons. The molecule has 0 saturated carbocycles. The summed E-state index contributed by atoms with van der Waals surface area (Å²) < 4.78 is 22.9. The third kappa shape index (κ3) is 2.30. The number of esters is 1. The quantitative estimate of drug-likeness (QED) is 0.614. The van der Waals surface area contributed by atoms with Gasteiger partial charge in [-0.1, -0.05) is 12.1 Å². The van der Waals surface area contributed by atoms with Gasteiger partial charge in [0.2, 0.25) is 0 Å². The summed E-state index contributed by atoms with van der Waals surface area (Å²) in [6, 6.07) is 9.04. The average molecular weight is 257 g/mol. The first kappa shape index (κ1) is 11.4. The predicted octanol–water partition coefficient (Wildman–Crippen LogP) is 2.76. The Labute approximate surface area is 107 Å². The maximum atomic E-state index is 12.8. The number of benzene rings is 1. The fourth-order valence-corrected chi connectivity index (χ4v) is 1.63. The van der Waals surface area contributed by atoms with E-state index < -0.39 is 5.97 Å². The molecule has 19 heavy (non-hydrogen) atoms. The number of rotatable bonds is 2. The first-order valence-electron chi connectivity index (χ1n) is 5.54. The molecule has 2 aromatic rings. The molecule has 0 fully saturated rings. The Morgan fingerprint density at radius 2 is 1.95 bits per heavy atom. The van der Waals surface area contributed by atoms with Crippen LogP contribution in [0.25, 0.3) is 6.08 Å².